The number of aliphatic hydroxyl groups is 2. The van der Waals surface area contributed by atoms with E-state index in [9.17, 15) is 19.8 Å². The molecule has 0 spiro atoms. The van der Waals surface area contributed by atoms with Gasteiger partial charge in [0.25, 0.3) is 11.8 Å². The molecule has 3 aliphatic heterocycles. The number of hydrogen-bond acceptors (Lipinski definition) is 4. The summed E-state index contributed by atoms with van der Waals surface area (Å²) in [4.78, 5) is 26.4. The smallest absolute Gasteiger partial charge is 0.278 e. The van der Waals surface area contributed by atoms with Crippen molar-refractivity contribution in [2.24, 2.45) is 0 Å². The third-order valence-corrected chi connectivity index (χ3v) is 3.88. The van der Waals surface area contributed by atoms with E-state index in [1.54, 1.807) is 0 Å². The van der Waals surface area contributed by atoms with Crippen molar-refractivity contribution in [3.63, 3.8) is 0 Å². The summed E-state index contributed by atoms with van der Waals surface area (Å²) in [7, 11) is 0. The first-order valence-electron chi connectivity index (χ1n) is 5.59. The van der Waals surface area contributed by atoms with E-state index >= 15 is 0 Å². The lowest BCUT2D eigenvalue weighted by atomic mass is 10.00. The molecule has 2 unspecified atom stereocenters. The molecule has 3 rings (SSSR count). The van der Waals surface area contributed by atoms with Crippen LogP contribution < -0.4 is 0 Å². The van der Waals surface area contributed by atoms with Crippen molar-refractivity contribution in [1.29, 1.82) is 0 Å². The average molecular weight is 226 g/mol. The maximum atomic E-state index is 12.1. The van der Waals surface area contributed by atoms with Crippen LogP contribution in [0.15, 0.2) is 0 Å². The minimum atomic E-state index is -1.70. The molecule has 0 aromatic heterocycles. The zero-order chi connectivity index (χ0) is 11.6. The van der Waals surface area contributed by atoms with Gasteiger partial charge < -0.3 is 20.0 Å². The molecule has 0 bridgehead atoms. The molecule has 3 fully saturated rings. The molecule has 16 heavy (non-hydrogen) atoms. The number of nitrogens with zero attached hydrogens (tertiary/aromatic N) is 2. The number of rotatable bonds is 0. The number of fused-ring (bicyclic) bond motifs is 2. The normalized spacial score (nSPS) is 42.6. The molecule has 3 aliphatic rings. The fourth-order valence-corrected chi connectivity index (χ4v) is 3.02. The topological polar surface area (TPSA) is 81.1 Å². The Morgan fingerprint density at radius 2 is 1.25 bits per heavy atom. The van der Waals surface area contributed by atoms with Gasteiger partial charge in [0, 0.05) is 25.9 Å². The molecule has 2 N–H and O–H groups in total. The number of hydrogen-bond donors (Lipinski definition) is 2. The Balaban J connectivity index is 2.09. The van der Waals surface area contributed by atoms with Gasteiger partial charge in [0.15, 0.2) is 0 Å². The van der Waals surface area contributed by atoms with Gasteiger partial charge in [-0.25, -0.2) is 0 Å². The molecule has 88 valence electrons. The molecular weight excluding hydrogens is 212 g/mol. The van der Waals surface area contributed by atoms with Gasteiger partial charge in [-0.3, -0.25) is 9.59 Å². The van der Waals surface area contributed by atoms with Crippen molar-refractivity contribution in [2.45, 2.75) is 37.1 Å². The van der Waals surface area contributed by atoms with Gasteiger partial charge in [0.1, 0.15) is 0 Å². The van der Waals surface area contributed by atoms with Crippen molar-refractivity contribution < 1.29 is 19.8 Å². The second-order valence-corrected chi connectivity index (χ2v) is 4.75. The quantitative estimate of drug-likeness (QED) is 0.533. The molecule has 2 amide bonds. The zero-order valence-corrected chi connectivity index (χ0v) is 8.85. The fraction of sp³-hybridized carbons (Fsp3) is 0.800. The molecule has 0 aromatic rings. The van der Waals surface area contributed by atoms with Crippen LogP contribution in [-0.2, 0) is 9.59 Å². The van der Waals surface area contributed by atoms with E-state index in [4.69, 9.17) is 0 Å². The van der Waals surface area contributed by atoms with E-state index in [1.165, 1.54) is 0 Å². The van der Waals surface area contributed by atoms with Crippen LogP contribution in [0.5, 0.6) is 0 Å². The third kappa shape index (κ3) is 0.899. The van der Waals surface area contributed by atoms with Crippen molar-refractivity contribution in [3.8, 4) is 0 Å². The lowest BCUT2D eigenvalue weighted by Crippen LogP contribution is -2.73. The molecule has 6 nitrogen and oxygen atoms in total. The summed E-state index contributed by atoms with van der Waals surface area (Å²) in [6, 6.07) is 0. The third-order valence-electron chi connectivity index (χ3n) is 3.88. The SMILES string of the molecule is O=C1N2CCCC2(O)C(=O)N2CCCC12O. The predicted molar refractivity (Wildman–Crippen MR) is 51.8 cm³/mol. The number of amides is 2. The Morgan fingerprint density at radius 1 is 0.875 bits per heavy atom. The van der Waals surface area contributed by atoms with Crippen LogP contribution >= 0.6 is 0 Å². The van der Waals surface area contributed by atoms with E-state index in [-0.39, 0.29) is 12.8 Å². The highest BCUT2D eigenvalue weighted by Gasteiger charge is 2.64. The Bertz CT molecular complexity index is 349. The zero-order valence-electron chi connectivity index (χ0n) is 8.85. The Hall–Kier alpha value is -1.14. The molecule has 0 aliphatic carbocycles. The van der Waals surface area contributed by atoms with Crippen LogP contribution in [-0.4, -0.2) is 56.4 Å². The van der Waals surface area contributed by atoms with Crippen LogP contribution in [0.4, 0.5) is 0 Å². The van der Waals surface area contributed by atoms with Gasteiger partial charge in [-0.1, -0.05) is 0 Å². The largest absolute Gasteiger partial charge is 0.363 e. The molecular formula is C10H14N2O4. The minimum absolute atomic E-state index is 0.268. The fourth-order valence-electron chi connectivity index (χ4n) is 3.02. The van der Waals surface area contributed by atoms with Crippen molar-refractivity contribution in [1.82, 2.24) is 9.80 Å². The van der Waals surface area contributed by atoms with Gasteiger partial charge in [0.2, 0.25) is 11.4 Å². The monoisotopic (exact) mass is 226 g/mol. The van der Waals surface area contributed by atoms with E-state index in [2.05, 4.69) is 0 Å². The first-order chi connectivity index (χ1) is 7.50. The van der Waals surface area contributed by atoms with Crippen LogP contribution in [0.2, 0.25) is 0 Å². The van der Waals surface area contributed by atoms with Gasteiger partial charge >= 0.3 is 0 Å². The van der Waals surface area contributed by atoms with Crippen LogP contribution in [0.25, 0.3) is 0 Å². The van der Waals surface area contributed by atoms with Crippen LogP contribution in [0, 0.1) is 0 Å². The van der Waals surface area contributed by atoms with Gasteiger partial charge in [0.05, 0.1) is 0 Å². The predicted octanol–water partition coefficient (Wildman–Crippen LogP) is -1.38. The van der Waals surface area contributed by atoms with E-state index in [0.717, 1.165) is 9.80 Å². The number of carbonyl (C=O) groups excluding carboxylic acids is 2. The Labute approximate surface area is 92.4 Å². The Morgan fingerprint density at radius 3 is 1.62 bits per heavy atom. The summed E-state index contributed by atoms with van der Waals surface area (Å²) in [5.41, 5.74) is -3.40. The molecule has 0 radical (unpaired) electrons. The highest BCUT2D eigenvalue weighted by molar-refractivity contribution is 6.01. The highest BCUT2D eigenvalue weighted by Crippen LogP contribution is 2.42. The molecule has 6 heteroatoms. The highest BCUT2D eigenvalue weighted by atomic mass is 16.4. The van der Waals surface area contributed by atoms with Crippen molar-refractivity contribution >= 4 is 11.8 Å². The van der Waals surface area contributed by atoms with Gasteiger partial charge in [-0.2, -0.15) is 0 Å². The van der Waals surface area contributed by atoms with Crippen molar-refractivity contribution in [3.05, 3.63) is 0 Å². The summed E-state index contributed by atoms with van der Waals surface area (Å²) in [5, 5.41) is 20.4. The molecule has 0 saturated carbocycles. The van der Waals surface area contributed by atoms with E-state index < -0.39 is 23.3 Å². The standard InChI is InChI=1S/C10H14N2O4/c13-7-9(15)3-1-5-11(9)8(14)10(16)4-2-6-12(7)10/h15-16H,1-6H2. The second-order valence-electron chi connectivity index (χ2n) is 4.75. The van der Waals surface area contributed by atoms with Gasteiger partial charge in [-0.05, 0) is 12.8 Å². The van der Waals surface area contributed by atoms with E-state index in [0.29, 0.717) is 25.9 Å². The van der Waals surface area contributed by atoms with E-state index in [1.807, 2.05) is 0 Å². The number of piperazine rings is 1. The van der Waals surface area contributed by atoms with Crippen molar-refractivity contribution in [2.75, 3.05) is 13.1 Å². The average Bonchev–Trinajstić information content (AvgIpc) is 2.81. The second kappa shape index (κ2) is 2.75. The lowest BCUT2D eigenvalue weighted by Gasteiger charge is -2.47. The Kier molecular flexibility index (Phi) is 1.73. The van der Waals surface area contributed by atoms with Gasteiger partial charge in [-0.15, -0.1) is 0 Å². The van der Waals surface area contributed by atoms with Crippen LogP contribution in [0.3, 0.4) is 0 Å². The molecule has 3 heterocycles. The summed E-state index contributed by atoms with van der Waals surface area (Å²) < 4.78 is 0. The maximum Gasteiger partial charge on any atom is 0.278 e. The minimum Gasteiger partial charge on any atom is -0.363 e. The summed E-state index contributed by atoms with van der Waals surface area (Å²) in [6.45, 7) is 0.689. The first kappa shape index (κ1) is 10.0. The summed E-state index contributed by atoms with van der Waals surface area (Å²) >= 11 is 0. The molecule has 2 atom stereocenters. The maximum absolute atomic E-state index is 12.1. The summed E-state index contributed by atoms with van der Waals surface area (Å²) in [5.74, 6) is -1.05. The number of carbonyl (C=O) groups is 2. The molecule has 0 aromatic carbocycles. The molecule has 3 saturated heterocycles. The lowest BCUT2D eigenvalue weighted by molar-refractivity contribution is -0.221. The van der Waals surface area contributed by atoms with Crippen LogP contribution in [0.1, 0.15) is 25.7 Å². The summed E-state index contributed by atoms with van der Waals surface area (Å²) in [6.07, 6.45) is 1.73. The first-order valence-corrected chi connectivity index (χ1v) is 5.59.